The Labute approximate surface area is 213 Å². The Hall–Kier alpha value is -2.90. The third kappa shape index (κ3) is 5.25. The summed E-state index contributed by atoms with van der Waals surface area (Å²) in [6.45, 7) is -0.900. The number of methoxy groups -OCH3 is 2. The lowest BCUT2D eigenvalue weighted by Gasteiger charge is -2.39. The van der Waals surface area contributed by atoms with Crippen LogP contribution in [0.3, 0.4) is 0 Å². The maximum atomic E-state index is 10.3. The van der Waals surface area contributed by atoms with E-state index in [1.807, 2.05) is 6.07 Å². The monoisotopic (exact) mass is 520 g/mol. The average molecular weight is 521 g/mol. The van der Waals surface area contributed by atoms with Crippen molar-refractivity contribution in [2.24, 2.45) is 0 Å². The van der Waals surface area contributed by atoms with Gasteiger partial charge in [-0.1, -0.05) is 18.2 Å². The zero-order chi connectivity index (χ0) is 26.7. The predicted octanol–water partition coefficient (Wildman–Crippen LogP) is 0.0976. The molecule has 7 atom stereocenters. The van der Waals surface area contributed by atoms with E-state index in [1.165, 1.54) is 14.2 Å². The van der Waals surface area contributed by atoms with Crippen LogP contribution in [0.1, 0.15) is 28.7 Å². The fraction of sp³-hybridized carbons (Fsp3) is 0.462. The van der Waals surface area contributed by atoms with Crippen LogP contribution in [-0.4, -0.2) is 95.4 Å². The van der Waals surface area contributed by atoms with Crippen LogP contribution in [0.5, 0.6) is 23.0 Å². The van der Waals surface area contributed by atoms with Crippen molar-refractivity contribution in [3.05, 3.63) is 53.1 Å². The molecule has 0 saturated carbocycles. The second-order valence-corrected chi connectivity index (χ2v) is 8.78. The Morgan fingerprint density at radius 2 is 1.62 bits per heavy atom. The number of fused-ring (bicyclic) bond motifs is 1. The van der Waals surface area contributed by atoms with Crippen molar-refractivity contribution in [2.45, 2.75) is 42.7 Å². The van der Waals surface area contributed by atoms with Crippen molar-refractivity contribution in [1.82, 2.24) is 0 Å². The first-order chi connectivity index (χ1) is 17.9. The Balaban J connectivity index is 1.61. The molecule has 2 aromatic rings. The molecule has 4 rings (SSSR count). The molecule has 6 N–H and O–H groups in total. The van der Waals surface area contributed by atoms with E-state index in [4.69, 9.17) is 28.8 Å². The second-order valence-electron chi connectivity index (χ2n) is 8.78. The van der Waals surface area contributed by atoms with Crippen LogP contribution in [-0.2, 0) is 4.74 Å². The summed E-state index contributed by atoms with van der Waals surface area (Å²) in [5, 5.41) is 59.1. The molecule has 2 aliphatic rings. The molecule has 202 valence electrons. The van der Waals surface area contributed by atoms with Gasteiger partial charge in [0.2, 0.25) is 6.29 Å². The maximum absolute atomic E-state index is 10.3. The van der Waals surface area contributed by atoms with Crippen LogP contribution in [0.25, 0.3) is 6.08 Å². The molecule has 0 radical (unpaired) electrons. The number of ether oxygens (including phenoxy) is 5. The van der Waals surface area contributed by atoms with Gasteiger partial charge in [0.15, 0.2) is 23.0 Å². The number of aliphatic hydroxyl groups is 6. The van der Waals surface area contributed by atoms with Gasteiger partial charge in [-0.25, -0.2) is 0 Å². The second kappa shape index (κ2) is 11.7. The normalized spacial score (nSPS) is 29.1. The summed E-state index contributed by atoms with van der Waals surface area (Å²) < 4.78 is 28.4. The third-order valence-corrected chi connectivity index (χ3v) is 6.56. The lowest BCUT2D eigenvalue weighted by Crippen LogP contribution is -2.60. The fourth-order valence-corrected chi connectivity index (χ4v) is 4.60. The summed E-state index contributed by atoms with van der Waals surface area (Å²) in [7, 11) is 2.95. The highest BCUT2D eigenvalue weighted by Gasteiger charge is 2.45. The molecule has 11 nitrogen and oxygen atoms in total. The van der Waals surface area contributed by atoms with Crippen LogP contribution in [0, 0.1) is 0 Å². The first kappa shape index (κ1) is 27.1. The molecule has 2 aliphatic heterocycles. The number of rotatable bonds is 9. The van der Waals surface area contributed by atoms with Crippen molar-refractivity contribution < 1.29 is 54.3 Å². The van der Waals surface area contributed by atoms with Gasteiger partial charge in [-0.3, -0.25) is 0 Å². The van der Waals surface area contributed by atoms with Crippen LogP contribution < -0.4 is 18.9 Å². The van der Waals surface area contributed by atoms with Gasteiger partial charge in [0.05, 0.1) is 40.0 Å². The maximum Gasteiger partial charge on any atom is 0.229 e. The van der Waals surface area contributed by atoms with Crippen LogP contribution in [0.4, 0.5) is 0 Å². The Morgan fingerprint density at radius 1 is 0.865 bits per heavy atom. The number of benzene rings is 2. The SMILES string of the molecule is COc1cc([C@@H]2Oc3c(OC)cc(C=CCO)cc3[C@H]2CO)ccc1O[C@@H]1O[C@@H](CO)[C@H](O)[C@@H](O)[C@@H]1O. The number of aliphatic hydroxyl groups excluding tert-OH is 6. The predicted molar refractivity (Wildman–Crippen MR) is 130 cm³/mol. The van der Waals surface area contributed by atoms with Crippen molar-refractivity contribution in [3.8, 4) is 23.0 Å². The summed E-state index contributed by atoms with van der Waals surface area (Å²) in [4.78, 5) is 0. The van der Waals surface area contributed by atoms with Crippen molar-refractivity contribution in [1.29, 1.82) is 0 Å². The minimum atomic E-state index is -1.58. The van der Waals surface area contributed by atoms with Gasteiger partial charge < -0.3 is 54.3 Å². The summed E-state index contributed by atoms with van der Waals surface area (Å²) in [6.07, 6.45) is -4.38. The van der Waals surface area contributed by atoms with Crippen molar-refractivity contribution in [3.63, 3.8) is 0 Å². The van der Waals surface area contributed by atoms with E-state index < -0.39 is 49.3 Å². The van der Waals surface area contributed by atoms with Crippen LogP contribution in [0.2, 0.25) is 0 Å². The summed E-state index contributed by atoms with van der Waals surface area (Å²) >= 11 is 0. The van der Waals surface area contributed by atoms with E-state index >= 15 is 0 Å². The van der Waals surface area contributed by atoms with E-state index in [1.54, 1.807) is 36.4 Å². The molecular formula is C26H32O11. The molecular weight excluding hydrogens is 488 g/mol. The number of hydrogen-bond donors (Lipinski definition) is 6. The standard InChI is InChI=1S/C26H32O11/c1-33-18-10-14(5-6-17(18)35-26-23(32)22(31)21(30)20(12-29)36-26)24-16(11-28)15-8-13(4-3-7-27)9-19(34-2)25(15)37-24/h3-6,8-10,16,20-24,26-32H,7,11-12H2,1-2H3/t16-,20+,21+,22-,23+,24+,26-/m1/s1. The van der Waals surface area contributed by atoms with Gasteiger partial charge in [0.1, 0.15) is 30.5 Å². The Kier molecular flexibility index (Phi) is 8.55. The molecule has 1 saturated heterocycles. The molecule has 0 aliphatic carbocycles. The van der Waals surface area contributed by atoms with Crippen molar-refractivity contribution >= 4 is 6.08 Å². The summed E-state index contributed by atoms with van der Waals surface area (Å²) in [6, 6.07) is 8.60. The van der Waals surface area contributed by atoms with E-state index in [0.29, 0.717) is 17.1 Å². The Morgan fingerprint density at radius 3 is 2.27 bits per heavy atom. The van der Waals surface area contributed by atoms with E-state index in [9.17, 15) is 25.5 Å². The van der Waals surface area contributed by atoms with E-state index in [0.717, 1.165) is 11.1 Å². The molecule has 0 amide bonds. The molecule has 0 bridgehead atoms. The molecule has 2 heterocycles. The highest BCUT2D eigenvalue weighted by molar-refractivity contribution is 5.62. The fourth-order valence-electron chi connectivity index (χ4n) is 4.60. The zero-order valence-electron chi connectivity index (χ0n) is 20.4. The van der Waals surface area contributed by atoms with Gasteiger partial charge in [0, 0.05) is 5.56 Å². The minimum Gasteiger partial charge on any atom is -0.493 e. The highest BCUT2D eigenvalue weighted by Crippen LogP contribution is 2.51. The quantitative estimate of drug-likeness (QED) is 0.265. The van der Waals surface area contributed by atoms with E-state index in [2.05, 4.69) is 0 Å². The van der Waals surface area contributed by atoms with Crippen molar-refractivity contribution in [2.75, 3.05) is 34.0 Å². The molecule has 1 fully saturated rings. The van der Waals surface area contributed by atoms with Gasteiger partial charge >= 0.3 is 0 Å². The lowest BCUT2D eigenvalue weighted by atomic mass is 9.90. The Bertz CT molecular complexity index is 1100. The highest BCUT2D eigenvalue weighted by atomic mass is 16.7. The first-order valence-corrected chi connectivity index (χ1v) is 11.8. The van der Waals surface area contributed by atoms with Gasteiger partial charge in [-0.05, 0) is 35.4 Å². The smallest absolute Gasteiger partial charge is 0.229 e. The largest absolute Gasteiger partial charge is 0.493 e. The van der Waals surface area contributed by atoms with Gasteiger partial charge in [0.25, 0.3) is 0 Å². The van der Waals surface area contributed by atoms with Crippen LogP contribution >= 0.6 is 0 Å². The lowest BCUT2D eigenvalue weighted by molar-refractivity contribution is -0.277. The third-order valence-electron chi connectivity index (χ3n) is 6.56. The molecule has 2 aromatic carbocycles. The van der Waals surface area contributed by atoms with Gasteiger partial charge in [-0.2, -0.15) is 0 Å². The molecule has 37 heavy (non-hydrogen) atoms. The van der Waals surface area contributed by atoms with E-state index in [-0.39, 0.29) is 24.7 Å². The van der Waals surface area contributed by atoms with Crippen LogP contribution in [0.15, 0.2) is 36.4 Å². The zero-order valence-corrected chi connectivity index (χ0v) is 20.4. The van der Waals surface area contributed by atoms with Gasteiger partial charge in [-0.15, -0.1) is 0 Å². The number of hydrogen-bond acceptors (Lipinski definition) is 11. The first-order valence-electron chi connectivity index (χ1n) is 11.8. The molecule has 0 spiro atoms. The topological polar surface area (TPSA) is 168 Å². The average Bonchev–Trinajstić information content (AvgIpc) is 3.30. The minimum absolute atomic E-state index is 0.112. The molecule has 0 unspecified atom stereocenters. The molecule has 11 heteroatoms. The molecule has 0 aromatic heterocycles. The summed E-state index contributed by atoms with van der Waals surface area (Å²) in [5.74, 6) is 1.03. The summed E-state index contributed by atoms with van der Waals surface area (Å²) in [5.41, 5.74) is 2.21.